The van der Waals surface area contributed by atoms with Crippen molar-refractivity contribution in [2.24, 2.45) is 5.92 Å². The zero-order chi connectivity index (χ0) is 13.9. The van der Waals surface area contributed by atoms with E-state index in [-0.39, 0.29) is 0 Å². The molecule has 5 heteroatoms. The van der Waals surface area contributed by atoms with Gasteiger partial charge in [-0.2, -0.15) is 0 Å². The number of nitrogens with zero attached hydrogens (tertiary/aromatic N) is 4. The van der Waals surface area contributed by atoms with Crippen molar-refractivity contribution in [3.63, 3.8) is 0 Å². The summed E-state index contributed by atoms with van der Waals surface area (Å²) >= 11 is 6.24. The molecule has 0 aromatic carbocycles. The molecule has 1 aliphatic carbocycles. The van der Waals surface area contributed by atoms with Gasteiger partial charge in [0.15, 0.2) is 5.65 Å². The van der Waals surface area contributed by atoms with Gasteiger partial charge in [-0.15, -0.1) is 10.2 Å². The van der Waals surface area contributed by atoms with E-state index in [9.17, 15) is 0 Å². The molecule has 0 bridgehead atoms. The maximum absolute atomic E-state index is 6.24. The minimum absolute atomic E-state index is 0.489. The second kappa shape index (κ2) is 6.08. The number of rotatable bonds is 4. The van der Waals surface area contributed by atoms with Crippen LogP contribution in [0.15, 0.2) is 12.4 Å². The Bertz CT molecular complexity index is 572. The van der Waals surface area contributed by atoms with Crippen molar-refractivity contribution in [1.82, 2.24) is 19.6 Å². The van der Waals surface area contributed by atoms with E-state index < -0.39 is 0 Å². The third-order valence-corrected chi connectivity index (χ3v) is 4.74. The van der Waals surface area contributed by atoms with Crippen LogP contribution in [0, 0.1) is 5.92 Å². The summed E-state index contributed by atoms with van der Waals surface area (Å²) in [5, 5.41) is 9.15. The summed E-state index contributed by atoms with van der Waals surface area (Å²) in [7, 11) is 0. The largest absolute Gasteiger partial charge is 0.266 e. The first-order chi connectivity index (χ1) is 9.79. The highest BCUT2D eigenvalue weighted by atomic mass is 35.5. The average molecular weight is 293 g/mol. The van der Waals surface area contributed by atoms with Crippen molar-refractivity contribution >= 4 is 17.2 Å². The zero-order valence-corrected chi connectivity index (χ0v) is 12.7. The molecule has 1 aliphatic rings. The van der Waals surface area contributed by atoms with Crippen LogP contribution in [0.4, 0.5) is 0 Å². The van der Waals surface area contributed by atoms with Crippen molar-refractivity contribution in [1.29, 1.82) is 0 Å². The maximum atomic E-state index is 6.24. The highest BCUT2D eigenvalue weighted by Crippen LogP contribution is 2.37. The van der Waals surface area contributed by atoms with Gasteiger partial charge in [-0.25, -0.2) is 0 Å². The molecular weight excluding hydrogens is 272 g/mol. The number of fused-ring (bicyclic) bond motifs is 1. The first-order valence-corrected chi connectivity index (χ1v) is 8.02. The van der Waals surface area contributed by atoms with Crippen LogP contribution in [-0.2, 0) is 0 Å². The molecule has 0 spiro atoms. The van der Waals surface area contributed by atoms with E-state index in [0.717, 1.165) is 17.4 Å². The number of hydrogen-bond donors (Lipinski definition) is 0. The average Bonchev–Trinajstić information content (AvgIpc) is 2.91. The summed E-state index contributed by atoms with van der Waals surface area (Å²) in [6.45, 7) is 2.27. The predicted octanol–water partition coefficient (Wildman–Crippen LogP) is 4.24. The Kier molecular flexibility index (Phi) is 4.20. The first kappa shape index (κ1) is 13.8. The summed E-state index contributed by atoms with van der Waals surface area (Å²) in [5.74, 6) is 2.41. The van der Waals surface area contributed by atoms with Crippen molar-refractivity contribution in [2.75, 3.05) is 0 Å². The van der Waals surface area contributed by atoms with Crippen molar-refractivity contribution < 1.29 is 0 Å². The molecule has 20 heavy (non-hydrogen) atoms. The number of unbranched alkanes of at least 4 members (excludes halogenated alkanes) is 1. The Balaban J connectivity index is 1.74. The van der Waals surface area contributed by atoms with Gasteiger partial charge < -0.3 is 0 Å². The highest BCUT2D eigenvalue weighted by Gasteiger charge is 2.26. The van der Waals surface area contributed by atoms with Crippen LogP contribution in [0.3, 0.4) is 0 Å². The smallest absolute Gasteiger partial charge is 0.180 e. The van der Waals surface area contributed by atoms with Crippen molar-refractivity contribution in [3.8, 4) is 0 Å². The van der Waals surface area contributed by atoms with Crippen molar-refractivity contribution in [2.45, 2.75) is 57.8 Å². The molecule has 2 aromatic heterocycles. The van der Waals surface area contributed by atoms with Crippen LogP contribution >= 0.6 is 11.6 Å². The van der Waals surface area contributed by atoms with E-state index in [1.807, 2.05) is 4.40 Å². The van der Waals surface area contributed by atoms with Crippen LogP contribution in [0.2, 0.25) is 5.15 Å². The lowest BCUT2D eigenvalue weighted by Crippen LogP contribution is -2.15. The van der Waals surface area contributed by atoms with Gasteiger partial charge >= 0.3 is 0 Å². The third-order valence-electron chi connectivity index (χ3n) is 4.48. The van der Waals surface area contributed by atoms with E-state index in [1.165, 1.54) is 44.9 Å². The quantitative estimate of drug-likeness (QED) is 0.846. The third kappa shape index (κ3) is 2.66. The molecule has 1 fully saturated rings. The molecule has 0 radical (unpaired) electrons. The lowest BCUT2D eigenvalue weighted by atomic mass is 9.79. The highest BCUT2D eigenvalue weighted by molar-refractivity contribution is 6.29. The minimum Gasteiger partial charge on any atom is -0.266 e. The normalized spacial score (nSPS) is 23.3. The van der Waals surface area contributed by atoms with Gasteiger partial charge in [0.25, 0.3) is 0 Å². The molecule has 2 heterocycles. The predicted molar refractivity (Wildman–Crippen MR) is 80.0 cm³/mol. The summed E-state index contributed by atoms with van der Waals surface area (Å²) in [4.78, 5) is 4.06. The fourth-order valence-corrected chi connectivity index (χ4v) is 3.53. The van der Waals surface area contributed by atoms with Crippen LogP contribution in [0.25, 0.3) is 5.65 Å². The number of hydrogen-bond acceptors (Lipinski definition) is 3. The molecule has 1 saturated carbocycles. The molecule has 0 N–H and O–H groups in total. The Labute approximate surface area is 124 Å². The Hall–Kier alpha value is -1.16. The molecular formula is C15H21ClN4. The van der Waals surface area contributed by atoms with Gasteiger partial charge in [-0.05, 0) is 31.6 Å². The van der Waals surface area contributed by atoms with Crippen LogP contribution in [0.1, 0.15) is 63.6 Å². The fraction of sp³-hybridized carbons (Fsp3) is 0.667. The van der Waals surface area contributed by atoms with E-state index in [2.05, 4.69) is 22.1 Å². The van der Waals surface area contributed by atoms with Gasteiger partial charge in [-0.3, -0.25) is 9.38 Å². The van der Waals surface area contributed by atoms with Gasteiger partial charge in [0.2, 0.25) is 0 Å². The molecule has 108 valence electrons. The van der Waals surface area contributed by atoms with Crippen LogP contribution in [-0.4, -0.2) is 19.6 Å². The van der Waals surface area contributed by atoms with E-state index in [1.54, 1.807) is 12.4 Å². The van der Waals surface area contributed by atoms with Crippen LogP contribution < -0.4 is 0 Å². The Morgan fingerprint density at radius 2 is 2.00 bits per heavy atom. The van der Waals surface area contributed by atoms with Crippen molar-refractivity contribution in [3.05, 3.63) is 23.4 Å². The van der Waals surface area contributed by atoms with Gasteiger partial charge in [-0.1, -0.05) is 37.8 Å². The Morgan fingerprint density at radius 3 is 2.75 bits per heavy atom. The first-order valence-electron chi connectivity index (χ1n) is 7.64. The number of halogens is 1. The molecule has 4 nitrogen and oxygen atoms in total. The molecule has 0 atom stereocenters. The lowest BCUT2D eigenvalue weighted by molar-refractivity contribution is 0.298. The second-order valence-electron chi connectivity index (χ2n) is 5.84. The van der Waals surface area contributed by atoms with Crippen LogP contribution in [0.5, 0.6) is 0 Å². The summed E-state index contributed by atoms with van der Waals surface area (Å²) in [6.07, 6.45) is 12.4. The molecule has 3 rings (SSSR count). The molecule has 0 aliphatic heterocycles. The molecule has 0 amide bonds. The minimum atomic E-state index is 0.489. The summed E-state index contributed by atoms with van der Waals surface area (Å²) in [6, 6.07) is 0. The van der Waals surface area contributed by atoms with Gasteiger partial charge in [0.05, 0.1) is 12.4 Å². The molecule has 2 aromatic rings. The SMILES string of the molecule is CCCCC1CCC(c2nnc3cncc(Cl)n23)CC1. The second-order valence-corrected chi connectivity index (χ2v) is 6.23. The van der Waals surface area contributed by atoms with Gasteiger partial charge in [0, 0.05) is 5.92 Å². The topological polar surface area (TPSA) is 43.1 Å². The molecule has 0 unspecified atom stereocenters. The Morgan fingerprint density at radius 1 is 1.20 bits per heavy atom. The summed E-state index contributed by atoms with van der Waals surface area (Å²) < 4.78 is 1.95. The van der Waals surface area contributed by atoms with E-state index in [4.69, 9.17) is 11.6 Å². The lowest BCUT2D eigenvalue weighted by Gasteiger charge is -2.27. The standard InChI is InChI=1S/C15H21ClN4/c1-2-3-4-11-5-7-12(8-6-11)15-19-18-14-10-17-9-13(16)20(14)15/h9-12H,2-8H2,1H3. The van der Waals surface area contributed by atoms with E-state index >= 15 is 0 Å². The number of aromatic nitrogens is 4. The zero-order valence-electron chi connectivity index (χ0n) is 11.9. The molecule has 0 saturated heterocycles. The van der Waals surface area contributed by atoms with Gasteiger partial charge in [0.1, 0.15) is 11.0 Å². The monoisotopic (exact) mass is 292 g/mol. The fourth-order valence-electron chi connectivity index (χ4n) is 3.30. The maximum Gasteiger partial charge on any atom is 0.180 e. The summed E-state index contributed by atoms with van der Waals surface area (Å²) in [5.41, 5.74) is 0.751. The van der Waals surface area contributed by atoms with E-state index in [0.29, 0.717) is 11.1 Å².